The second-order valence-corrected chi connectivity index (χ2v) is 10.6. The molecular formula is C24H20ClN5OS2. The molecule has 0 amide bonds. The third-order valence-electron chi connectivity index (χ3n) is 5.99. The lowest BCUT2D eigenvalue weighted by atomic mass is 10.1. The third-order valence-corrected chi connectivity index (χ3v) is 8.54. The number of hydrogen-bond acceptors (Lipinski definition) is 6. The first-order chi connectivity index (χ1) is 16.1. The van der Waals surface area contributed by atoms with E-state index in [9.17, 15) is 4.79 Å². The van der Waals surface area contributed by atoms with Gasteiger partial charge in [-0.3, -0.25) is 4.79 Å². The van der Waals surface area contributed by atoms with E-state index in [4.69, 9.17) is 11.6 Å². The number of likely N-dealkylation sites (N-methyl/N-ethyl adjacent to an activating group) is 1. The van der Waals surface area contributed by atoms with Crippen molar-refractivity contribution in [1.29, 1.82) is 0 Å². The summed E-state index contributed by atoms with van der Waals surface area (Å²) in [5, 5.41) is 11.3. The van der Waals surface area contributed by atoms with Crippen LogP contribution in [0.15, 0.2) is 64.5 Å². The Balaban J connectivity index is 1.60. The van der Waals surface area contributed by atoms with Crippen molar-refractivity contribution in [3.63, 3.8) is 0 Å². The Morgan fingerprint density at radius 2 is 1.88 bits per heavy atom. The Hall–Kier alpha value is -2.65. The molecule has 6 nitrogen and oxygen atoms in total. The lowest BCUT2D eigenvalue weighted by Gasteiger charge is -2.21. The van der Waals surface area contributed by atoms with E-state index in [1.807, 2.05) is 59.0 Å². The first-order valence-corrected chi connectivity index (χ1v) is 12.8. The average molecular weight is 494 g/mol. The minimum absolute atomic E-state index is 0.0270. The molecule has 0 unspecified atom stereocenters. The second kappa shape index (κ2) is 8.29. The van der Waals surface area contributed by atoms with Gasteiger partial charge in [-0.05, 0) is 42.8 Å². The maximum atomic E-state index is 13.8. The van der Waals surface area contributed by atoms with Crippen molar-refractivity contribution in [2.24, 2.45) is 0 Å². The van der Waals surface area contributed by atoms with Crippen LogP contribution in [0.5, 0.6) is 0 Å². The summed E-state index contributed by atoms with van der Waals surface area (Å²) < 4.78 is 3.74. The van der Waals surface area contributed by atoms with Crippen molar-refractivity contribution in [3.8, 4) is 5.69 Å². The van der Waals surface area contributed by atoms with Crippen LogP contribution in [0.3, 0.4) is 0 Å². The topological polar surface area (TPSA) is 55.4 Å². The zero-order valence-corrected chi connectivity index (χ0v) is 20.3. The predicted octanol–water partition coefficient (Wildman–Crippen LogP) is 5.03. The molecule has 3 aromatic heterocycles. The lowest BCUT2D eigenvalue weighted by molar-refractivity contribution is 0.318. The van der Waals surface area contributed by atoms with E-state index in [1.165, 1.54) is 10.4 Å². The highest BCUT2D eigenvalue weighted by Crippen LogP contribution is 2.36. The number of para-hydroxylation sites is 1. The SMILES string of the molecule is CN1CCc2c(sc3c2c(=O)n(-c2ccccc2)c2nnc(SCc4ccccc4Cl)n32)C1. The number of rotatable bonds is 4. The van der Waals surface area contributed by atoms with Crippen LogP contribution in [0, 0.1) is 0 Å². The maximum Gasteiger partial charge on any atom is 0.268 e. The summed E-state index contributed by atoms with van der Waals surface area (Å²) in [5.41, 5.74) is 2.97. The van der Waals surface area contributed by atoms with E-state index in [2.05, 4.69) is 22.1 Å². The zero-order chi connectivity index (χ0) is 22.5. The number of nitrogens with zero attached hydrogens (tertiary/aromatic N) is 5. The Morgan fingerprint density at radius 1 is 1.09 bits per heavy atom. The molecule has 0 bridgehead atoms. The number of aromatic nitrogens is 4. The molecule has 0 aliphatic carbocycles. The summed E-state index contributed by atoms with van der Waals surface area (Å²) in [4.78, 5) is 18.3. The standard InChI is InChI=1S/C24H20ClN5OS2/c1-28-12-11-17-19(13-28)33-22-20(17)21(31)29(16-8-3-2-4-9-16)23-26-27-24(30(22)23)32-14-15-7-5-6-10-18(15)25/h2-10H,11-14H2,1H3. The number of benzene rings is 2. The highest BCUT2D eigenvalue weighted by molar-refractivity contribution is 7.98. The molecule has 0 fully saturated rings. The molecule has 1 aliphatic heterocycles. The van der Waals surface area contributed by atoms with Gasteiger partial charge < -0.3 is 4.90 Å². The van der Waals surface area contributed by atoms with Gasteiger partial charge >= 0.3 is 0 Å². The molecular weight excluding hydrogens is 474 g/mol. The lowest BCUT2D eigenvalue weighted by Crippen LogP contribution is -2.27. The van der Waals surface area contributed by atoms with Crippen LogP contribution in [-0.4, -0.2) is 37.7 Å². The van der Waals surface area contributed by atoms with E-state index in [0.717, 1.165) is 51.2 Å². The van der Waals surface area contributed by atoms with Gasteiger partial charge in [0.1, 0.15) is 4.83 Å². The molecule has 0 saturated carbocycles. The number of thioether (sulfide) groups is 1. The van der Waals surface area contributed by atoms with E-state index in [-0.39, 0.29) is 5.56 Å². The number of thiophene rings is 1. The molecule has 0 spiro atoms. The monoisotopic (exact) mass is 493 g/mol. The van der Waals surface area contributed by atoms with Gasteiger partial charge in [-0.2, -0.15) is 0 Å². The number of fused-ring (bicyclic) bond motifs is 5. The predicted molar refractivity (Wildman–Crippen MR) is 135 cm³/mol. The van der Waals surface area contributed by atoms with Crippen LogP contribution in [-0.2, 0) is 18.7 Å². The zero-order valence-electron chi connectivity index (χ0n) is 17.9. The first kappa shape index (κ1) is 20.9. The highest BCUT2D eigenvalue weighted by Gasteiger charge is 2.26. The summed E-state index contributed by atoms with van der Waals surface area (Å²) in [6, 6.07) is 17.5. The molecule has 166 valence electrons. The summed E-state index contributed by atoms with van der Waals surface area (Å²) >= 11 is 9.65. The van der Waals surface area contributed by atoms with Gasteiger partial charge in [0.2, 0.25) is 5.78 Å². The maximum absolute atomic E-state index is 13.8. The highest BCUT2D eigenvalue weighted by atomic mass is 35.5. The summed E-state index contributed by atoms with van der Waals surface area (Å²) in [5.74, 6) is 1.20. The van der Waals surface area contributed by atoms with Crippen LogP contribution in [0.1, 0.15) is 16.0 Å². The molecule has 33 heavy (non-hydrogen) atoms. The molecule has 9 heteroatoms. The van der Waals surface area contributed by atoms with Crippen LogP contribution >= 0.6 is 34.7 Å². The van der Waals surface area contributed by atoms with Crippen LogP contribution in [0.4, 0.5) is 0 Å². The minimum atomic E-state index is -0.0270. The molecule has 0 saturated heterocycles. The Morgan fingerprint density at radius 3 is 2.70 bits per heavy atom. The summed E-state index contributed by atoms with van der Waals surface area (Å²) in [7, 11) is 2.12. The van der Waals surface area contributed by atoms with Gasteiger partial charge in [-0.15, -0.1) is 21.5 Å². The molecule has 0 N–H and O–H groups in total. The largest absolute Gasteiger partial charge is 0.301 e. The van der Waals surface area contributed by atoms with Crippen molar-refractivity contribution in [1.82, 2.24) is 24.1 Å². The quantitative estimate of drug-likeness (QED) is 0.329. The number of halogens is 1. The fourth-order valence-corrected chi connectivity index (χ4v) is 7.04. The molecule has 5 aromatic rings. The fraction of sp³-hybridized carbons (Fsp3) is 0.208. The Bertz CT molecular complexity index is 1560. The van der Waals surface area contributed by atoms with E-state index in [1.54, 1.807) is 27.7 Å². The molecule has 6 rings (SSSR count). The smallest absolute Gasteiger partial charge is 0.268 e. The normalized spacial score (nSPS) is 14.2. The number of hydrogen-bond donors (Lipinski definition) is 0. The van der Waals surface area contributed by atoms with Crippen molar-refractivity contribution >= 4 is 50.7 Å². The first-order valence-electron chi connectivity index (χ1n) is 10.7. The van der Waals surface area contributed by atoms with E-state index >= 15 is 0 Å². The molecule has 4 heterocycles. The van der Waals surface area contributed by atoms with Gasteiger partial charge in [0.15, 0.2) is 5.16 Å². The van der Waals surface area contributed by atoms with Crippen LogP contribution in [0.25, 0.3) is 21.7 Å². The van der Waals surface area contributed by atoms with Crippen molar-refractivity contribution in [2.45, 2.75) is 23.9 Å². The van der Waals surface area contributed by atoms with Gasteiger partial charge in [0.25, 0.3) is 5.56 Å². The second-order valence-electron chi connectivity index (χ2n) is 8.15. The summed E-state index contributed by atoms with van der Waals surface area (Å²) in [6.45, 7) is 1.79. The Labute approximate surface area is 203 Å². The molecule has 2 aromatic carbocycles. The summed E-state index contributed by atoms with van der Waals surface area (Å²) in [6.07, 6.45) is 0.867. The van der Waals surface area contributed by atoms with Gasteiger partial charge in [0, 0.05) is 28.7 Å². The van der Waals surface area contributed by atoms with Crippen LogP contribution < -0.4 is 5.56 Å². The van der Waals surface area contributed by atoms with Gasteiger partial charge in [-0.1, -0.05) is 59.8 Å². The van der Waals surface area contributed by atoms with E-state index in [0.29, 0.717) is 11.5 Å². The van der Waals surface area contributed by atoms with E-state index < -0.39 is 0 Å². The third kappa shape index (κ3) is 3.49. The Kier molecular flexibility index (Phi) is 5.25. The average Bonchev–Trinajstić information content (AvgIpc) is 3.40. The molecule has 0 atom stereocenters. The van der Waals surface area contributed by atoms with Gasteiger partial charge in [-0.25, -0.2) is 8.97 Å². The fourth-order valence-electron chi connectivity index (χ4n) is 4.34. The van der Waals surface area contributed by atoms with Crippen molar-refractivity contribution in [2.75, 3.05) is 13.6 Å². The molecule has 1 aliphatic rings. The minimum Gasteiger partial charge on any atom is -0.301 e. The van der Waals surface area contributed by atoms with Crippen molar-refractivity contribution in [3.05, 3.63) is 86.0 Å². The van der Waals surface area contributed by atoms with Gasteiger partial charge in [0.05, 0.1) is 11.1 Å². The van der Waals surface area contributed by atoms with Crippen LogP contribution in [0.2, 0.25) is 5.02 Å². The van der Waals surface area contributed by atoms with Crippen molar-refractivity contribution < 1.29 is 0 Å². The molecule has 0 radical (unpaired) electrons.